The van der Waals surface area contributed by atoms with Gasteiger partial charge in [-0.3, -0.25) is 0 Å². The van der Waals surface area contributed by atoms with E-state index in [0.29, 0.717) is 29.1 Å². The van der Waals surface area contributed by atoms with Crippen molar-refractivity contribution in [1.82, 2.24) is 5.32 Å². The topological polar surface area (TPSA) is 73.6 Å². The second-order valence-electron chi connectivity index (χ2n) is 3.22. The molecule has 1 aliphatic rings. The molecule has 0 aromatic rings. The van der Waals surface area contributed by atoms with E-state index in [1.165, 1.54) is 14.2 Å². The van der Waals surface area contributed by atoms with Crippen LogP contribution in [-0.4, -0.2) is 27.2 Å². The van der Waals surface area contributed by atoms with E-state index in [4.69, 9.17) is 10.5 Å². The Hall–Kier alpha value is -1.91. The summed E-state index contributed by atoms with van der Waals surface area (Å²) in [7, 11) is 4.61. The fraction of sp³-hybridized carbons (Fsp3) is 0.364. The maximum atomic E-state index is 11.4. The Morgan fingerprint density at radius 3 is 2.69 bits per heavy atom. The number of allylic oxidation sites excluding steroid dienone is 2. The van der Waals surface area contributed by atoms with Crippen molar-refractivity contribution < 1.29 is 14.3 Å². The van der Waals surface area contributed by atoms with Gasteiger partial charge in [0.15, 0.2) is 0 Å². The molecule has 0 amide bonds. The van der Waals surface area contributed by atoms with Crippen LogP contribution in [0, 0.1) is 0 Å². The van der Waals surface area contributed by atoms with Crippen LogP contribution in [0.15, 0.2) is 34.9 Å². The number of likely N-dealkylation sites (N-methyl/N-ethyl adjacent to an activating group) is 1. The first kappa shape index (κ1) is 12.2. The zero-order valence-electron chi connectivity index (χ0n) is 9.66. The number of rotatable bonds is 3. The number of ether oxygens (including phenoxy) is 2. The molecule has 0 fully saturated rings. The number of methoxy groups -OCH3 is 2. The number of carbonyl (C=O) groups excluding carboxylic acids is 1. The van der Waals surface area contributed by atoms with Gasteiger partial charge in [-0.25, -0.2) is 4.79 Å². The lowest BCUT2D eigenvalue weighted by molar-refractivity contribution is -0.136. The van der Waals surface area contributed by atoms with Crippen LogP contribution in [0.5, 0.6) is 0 Å². The molecule has 5 heteroatoms. The quantitative estimate of drug-likeness (QED) is 0.679. The molecule has 0 unspecified atom stereocenters. The van der Waals surface area contributed by atoms with Crippen LogP contribution in [-0.2, 0) is 14.3 Å². The van der Waals surface area contributed by atoms with Gasteiger partial charge in [-0.15, -0.1) is 0 Å². The van der Waals surface area contributed by atoms with E-state index < -0.39 is 0 Å². The Morgan fingerprint density at radius 1 is 1.50 bits per heavy atom. The molecule has 0 aromatic carbocycles. The van der Waals surface area contributed by atoms with E-state index >= 15 is 0 Å². The highest BCUT2D eigenvalue weighted by atomic mass is 16.5. The number of nitrogens with one attached hydrogen (secondary N) is 1. The summed E-state index contributed by atoms with van der Waals surface area (Å²) in [6.45, 7) is 0. The summed E-state index contributed by atoms with van der Waals surface area (Å²) in [5.74, 6) is 0.144. The zero-order chi connectivity index (χ0) is 12.1. The first-order valence-electron chi connectivity index (χ1n) is 4.85. The van der Waals surface area contributed by atoms with Crippen molar-refractivity contribution in [3.8, 4) is 0 Å². The molecule has 0 saturated heterocycles. The van der Waals surface area contributed by atoms with Crippen molar-refractivity contribution in [2.45, 2.75) is 6.42 Å². The summed E-state index contributed by atoms with van der Waals surface area (Å²) >= 11 is 0. The molecule has 0 spiro atoms. The van der Waals surface area contributed by atoms with Crippen LogP contribution >= 0.6 is 0 Å². The van der Waals surface area contributed by atoms with Gasteiger partial charge in [0.2, 0.25) is 0 Å². The average Bonchev–Trinajstić information content (AvgIpc) is 2.47. The summed E-state index contributed by atoms with van der Waals surface area (Å²) in [5.41, 5.74) is 7.56. The lowest BCUT2D eigenvalue weighted by atomic mass is 10.2. The third-order valence-electron chi connectivity index (χ3n) is 2.30. The molecular weight excluding hydrogens is 208 g/mol. The second kappa shape index (κ2) is 5.25. The van der Waals surface area contributed by atoms with E-state index in [9.17, 15) is 4.79 Å². The Labute approximate surface area is 94.6 Å². The molecule has 1 aliphatic carbocycles. The van der Waals surface area contributed by atoms with Crippen molar-refractivity contribution in [3.63, 3.8) is 0 Å². The highest BCUT2D eigenvalue weighted by molar-refractivity contribution is 5.89. The monoisotopic (exact) mass is 224 g/mol. The van der Waals surface area contributed by atoms with E-state index in [2.05, 4.69) is 10.1 Å². The molecular formula is C11H16N2O3. The number of hydrogen-bond donors (Lipinski definition) is 2. The average molecular weight is 224 g/mol. The molecule has 88 valence electrons. The number of carbonyl (C=O) groups is 1. The summed E-state index contributed by atoms with van der Waals surface area (Å²) in [6, 6.07) is 0. The van der Waals surface area contributed by atoms with Gasteiger partial charge in [0, 0.05) is 19.0 Å². The van der Waals surface area contributed by atoms with Gasteiger partial charge in [0.05, 0.1) is 25.6 Å². The van der Waals surface area contributed by atoms with Gasteiger partial charge in [-0.05, 0) is 6.08 Å². The molecule has 1 rings (SSSR count). The van der Waals surface area contributed by atoms with Crippen LogP contribution in [0.4, 0.5) is 0 Å². The van der Waals surface area contributed by atoms with Gasteiger partial charge in [0.25, 0.3) is 0 Å². The first-order chi connectivity index (χ1) is 7.63. The fourth-order valence-corrected chi connectivity index (χ4v) is 1.46. The van der Waals surface area contributed by atoms with Crippen LogP contribution in [0.1, 0.15) is 6.42 Å². The molecule has 0 aliphatic heterocycles. The van der Waals surface area contributed by atoms with Crippen LogP contribution in [0.2, 0.25) is 0 Å². The van der Waals surface area contributed by atoms with E-state index in [-0.39, 0.29) is 5.97 Å². The number of esters is 1. The molecule has 0 bridgehead atoms. The summed E-state index contributed by atoms with van der Waals surface area (Å²) in [4.78, 5) is 11.4. The van der Waals surface area contributed by atoms with Crippen molar-refractivity contribution in [2.24, 2.45) is 5.73 Å². The minimum Gasteiger partial charge on any atom is -0.494 e. The third-order valence-corrected chi connectivity index (χ3v) is 2.30. The summed E-state index contributed by atoms with van der Waals surface area (Å²) in [5, 5.41) is 2.94. The Balaban J connectivity index is 3.17. The lowest BCUT2D eigenvalue weighted by Gasteiger charge is -2.10. The Morgan fingerprint density at radius 2 is 2.19 bits per heavy atom. The van der Waals surface area contributed by atoms with Crippen molar-refractivity contribution in [2.75, 3.05) is 21.3 Å². The van der Waals surface area contributed by atoms with E-state index in [1.807, 2.05) is 0 Å². The Bertz CT molecular complexity index is 381. The maximum Gasteiger partial charge on any atom is 0.334 e. The van der Waals surface area contributed by atoms with Gasteiger partial charge in [0.1, 0.15) is 5.76 Å². The molecule has 16 heavy (non-hydrogen) atoms. The third kappa shape index (κ3) is 2.36. The first-order valence-corrected chi connectivity index (χ1v) is 4.85. The standard InChI is InChI=1S/C11H16N2O3/c1-13-10-8(12)5-4-7(11(14)16-3)6-9(10)15-2/h5-6,13H,4,12H2,1-3H3. The number of nitrogens with two attached hydrogens (primary N) is 1. The van der Waals surface area contributed by atoms with Gasteiger partial charge >= 0.3 is 5.97 Å². The van der Waals surface area contributed by atoms with Gasteiger partial charge in [-0.2, -0.15) is 0 Å². The van der Waals surface area contributed by atoms with Gasteiger partial charge < -0.3 is 20.5 Å². The normalized spacial score (nSPS) is 15.9. The zero-order valence-corrected chi connectivity index (χ0v) is 9.66. The minimum atomic E-state index is -0.379. The highest BCUT2D eigenvalue weighted by Crippen LogP contribution is 2.20. The fourth-order valence-electron chi connectivity index (χ4n) is 1.46. The van der Waals surface area contributed by atoms with E-state index in [1.54, 1.807) is 19.2 Å². The lowest BCUT2D eigenvalue weighted by Crippen LogP contribution is -2.16. The molecule has 0 radical (unpaired) electrons. The second-order valence-corrected chi connectivity index (χ2v) is 3.22. The van der Waals surface area contributed by atoms with Gasteiger partial charge in [-0.1, -0.05) is 6.08 Å². The van der Waals surface area contributed by atoms with E-state index in [0.717, 1.165) is 0 Å². The minimum absolute atomic E-state index is 0.379. The Kier molecular flexibility index (Phi) is 3.99. The molecule has 0 heterocycles. The maximum absolute atomic E-state index is 11.4. The summed E-state index contributed by atoms with van der Waals surface area (Å²) < 4.78 is 9.85. The summed E-state index contributed by atoms with van der Waals surface area (Å²) in [6.07, 6.45) is 3.81. The smallest absolute Gasteiger partial charge is 0.334 e. The van der Waals surface area contributed by atoms with Crippen molar-refractivity contribution >= 4 is 5.97 Å². The van der Waals surface area contributed by atoms with Crippen molar-refractivity contribution in [3.05, 3.63) is 34.9 Å². The molecule has 0 aromatic heterocycles. The van der Waals surface area contributed by atoms with Crippen LogP contribution in [0.3, 0.4) is 0 Å². The molecule has 0 atom stereocenters. The largest absolute Gasteiger partial charge is 0.494 e. The van der Waals surface area contributed by atoms with Crippen molar-refractivity contribution in [1.29, 1.82) is 0 Å². The molecule has 0 saturated carbocycles. The molecule has 3 N–H and O–H groups in total. The number of hydrogen-bond acceptors (Lipinski definition) is 5. The van der Waals surface area contributed by atoms with Crippen LogP contribution in [0.25, 0.3) is 0 Å². The predicted molar refractivity (Wildman–Crippen MR) is 60.1 cm³/mol. The van der Waals surface area contributed by atoms with Crippen LogP contribution < -0.4 is 11.1 Å². The molecule has 5 nitrogen and oxygen atoms in total. The highest BCUT2D eigenvalue weighted by Gasteiger charge is 2.16. The SMILES string of the molecule is CNC1=C(OC)C=C(C(=O)OC)CC=C1N. The predicted octanol–water partition coefficient (Wildman–Crippen LogP) is 0.410.